The van der Waals surface area contributed by atoms with Gasteiger partial charge >= 0.3 is 0 Å². The van der Waals surface area contributed by atoms with E-state index in [9.17, 15) is 0 Å². The molecule has 2 heteroatoms. The fourth-order valence-corrected chi connectivity index (χ4v) is 0.469. The van der Waals surface area contributed by atoms with Gasteiger partial charge in [0.25, 0.3) is 0 Å². The molecule has 0 aromatic rings. The van der Waals surface area contributed by atoms with Crippen LogP contribution < -0.4 is 5.48 Å². The van der Waals surface area contributed by atoms with Crippen molar-refractivity contribution in [2.75, 3.05) is 6.54 Å². The van der Waals surface area contributed by atoms with E-state index in [0.29, 0.717) is 6.54 Å². The van der Waals surface area contributed by atoms with Gasteiger partial charge in [0.2, 0.25) is 0 Å². The Morgan fingerprint density at radius 3 is 2.75 bits per heavy atom. The smallest absolute Gasteiger partial charge is 0.0210 e. The number of rotatable bonds is 4. The first-order chi connectivity index (χ1) is 3.77. The highest BCUT2D eigenvalue weighted by molar-refractivity contribution is 4.87. The van der Waals surface area contributed by atoms with Crippen LogP contribution in [-0.2, 0) is 0 Å². The van der Waals surface area contributed by atoms with E-state index in [4.69, 9.17) is 5.21 Å². The fourth-order valence-electron chi connectivity index (χ4n) is 0.469. The summed E-state index contributed by atoms with van der Waals surface area (Å²) in [7, 11) is 0. The van der Waals surface area contributed by atoms with Gasteiger partial charge in [-0.05, 0) is 19.8 Å². The third kappa shape index (κ3) is 5.66. The van der Waals surface area contributed by atoms with Crippen molar-refractivity contribution in [1.29, 1.82) is 0 Å². The highest BCUT2D eigenvalue weighted by Gasteiger charge is 1.84. The van der Waals surface area contributed by atoms with Gasteiger partial charge in [-0.1, -0.05) is 5.57 Å². The molecule has 0 aromatic heterocycles. The van der Waals surface area contributed by atoms with Gasteiger partial charge in [-0.3, -0.25) is 0 Å². The van der Waals surface area contributed by atoms with E-state index in [2.05, 4.69) is 12.1 Å². The highest BCUT2D eigenvalue weighted by Crippen LogP contribution is 1.97. The summed E-state index contributed by atoms with van der Waals surface area (Å²) in [5.74, 6) is 0. The largest absolute Gasteiger partial charge is 0.317 e. The van der Waals surface area contributed by atoms with Gasteiger partial charge < -0.3 is 5.21 Å². The molecule has 0 saturated carbocycles. The SMILES string of the molecule is C=C(C)CCCNO. The Morgan fingerprint density at radius 1 is 1.75 bits per heavy atom. The van der Waals surface area contributed by atoms with Crippen LogP contribution in [0.3, 0.4) is 0 Å². The average molecular weight is 115 g/mol. The van der Waals surface area contributed by atoms with Crippen LogP contribution in [-0.4, -0.2) is 11.8 Å². The van der Waals surface area contributed by atoms with E-state index in [1.807, 2.05) is 6.92 Å². The molecule has 0 saturated heterocycles. The van der Waals surface area contributed by atoms with E-state index in [-0.39, 0.29) is 0 Å². The highest BCUT2D eigenvalue weighted by atomic mass is 16.5. The summed E-state index contributed by atoms with van der Waals surface area (Å²) < 4.78 is 0. The van der Waals surface area contributed by atoms with Gasteiger partial charge in [-0.25, -0.2) is 5.48 Å². The number of hydroxylamine groups is 1. The second-order valence-electron chi connectivity index (χ2n) is 1.97. The monoisotopic (exact) mass is 115 g/mol. The molecule has 48 valence electrons. The first kappa shape index (κ1) is 7.66. The Balaban J connectivity index is 2.82. The molecule has 0 spiro atoms. The Kier molecular flexibility index (Phi) is 4.61. The number of nitrogens with one attached hydrogen (secondary N) is 1. The molecule has 0 aromatic carbocycles. The normalized spacial score (nSPS) is 9.25. The van der Waals surface area contributed by atoms with Crippen molar-refractivity contribution in [3.8, 4) is 0 Å². The van der Waals surface area contributed by atoms with Crippen molar-refractivity contribution in [2.24, 2.45) is 0 Å². The van der Waals surface area contributed by atoms with Crippen molar-refractivity contribution >= 4 is 0 Å². The summed E-state index contributed by atoms with van der Waals surface area (Å²) in [6.07, 6.45) is 1.96. The standard InChI is InChI=1S/C6H13NO/c1-6(2)4-3-5-7-8/h7-8H,1,3-5H2,2H3. The Bertz CT molecular complexity index is 70.9. The molecule has 0 radical (unpaired) electrons. The average Bonchev–Trinajstić information content (AvgIpc) is 1.66. The number of hydrogen-bond acceptors (Lipinski definition) is 2. The lowest BCUT2D eigenvalue weighted by atomic mass is 10.2. The van der Waals surface area contributed by atoms with Crippen LogP contribution in [0.4, 0.5) is 0 Å². The van der Waals surface area contributed by atoms with E-state index in [0.717, 1.165) is 12.8 Å². The molecule has 0 rings (SSSR count). The summed E-state index contributed by atoms with van der Waals surface area (Å²) in [5, 5.41) is 8.10. The van der Waals surface area contributed by atoms with Crippen molar-refractivity contribution in [3.05, 3.63) is 12.2 Å². The summed E-state index contributed by atoms with van der Waals surface area (Å²) in [5.41, 5.74) is 3.25. The maximum absolute atomic E-state index is 8.10. The fraction of sp³-hybridized carbons (Fsp3) is 0.667. The molecule has 8 heavy (non-hydrogen) atoms. The quantitative estimate of drug-likeness (QED) is 0.329. The molecule has 0 aliphatic carbocycles. The summed E-state index contributed by atoms with van der Waals surface area (Å²) in [6, 6.07) is 0. The predicted molar refractivity (Wildman–Crippen MR) is 33.8 cm³/mol. The second-order valence-corrected chi connectivity index (χ2v) is 1.97. The van der Waals surface area contributed by atoms with Crippen molar-refractivity contribution < 1.29 is 5.21 Å². The second kappa shape index (κ2) is 4.81. The first-order valence-electron chi connectivity index (χ1n) is 2.78. The molecule has 0 bridgehead atoms. The summed E-state index contributed by atoms with van der Waals surface area (Å²) in [6.45, 7) is 6.36. The summed E-state index contributed by atoms with van der Waals surface area (Å²) >= 11 is 0. The topological polar surface area (TPSA) is 32.3 Å². The minimum atomic E-state index is 0.660. The minimum absolute atomic E-state index is 0.660. The van der Waals surface area contributed by atoms with Gasteiger partial charge in [0.05, 0.1) is 0 Å². The molecule has 2 nitrogen and oxygen atoms in total. The van der Waals surface area contributed by atoms with Crippen LogP contribution >= 0.6 is 0 Å². The van der Waals surface area contributed by atoms with Crippen LogP contribution in [0, 0.1) is 0 Å². The van der Waals surface area contributed by atoms with Crippen LogP contribution in [0.25, 0.3) is 0 Å². The van der Waals surface area contributed by atoms with Gasteiger partial charge in [0.1, 0.15) is 0 Å². The zero-order valence-electron chi connectivity index (χ0n) is 5.28. The summed E-state index contributed by atoms with van der Waals surface area (Å²) in [4.78, 5) is 0. The molecular weight excluding hydrogens is 102 g/mol. The Labute approximate surface area is 50.2 Å². The maximum atomic E-state index is 8.10. The van der Waals surface area contributed by atoms with Crippen LogP contribution in [0.15, 0.2) is 12.2 Å². The zero-order chi connectivity index (χ0) is 6.41. The molecule has 0 amide bonds. The lowest BCUT2D eigenvalue weighted by Crippen LogP contribution is -2.07. The van der Waals surface area contributed by atoms with Gasteiger partial charge in [-0.15, -0.1) is 6.58 Å². The van der Waals surface area contributed by atoms with Gasteiger partial charge in [0, 0.05) is 6.54 Å². The molecular formula is C6H13NO. The van der Waals surface area contributed by atoms with E-state index >= 15 is 0 Å². The molecule has 0 aliphatic rings. The number of allylic oxidation sites excluding steroid dienone is 1. The van der Waals surface area contributed by atoms with Crippen LogP contribution in [0.2, 0.25) is 0 Å². The molecule has 0 atom stereocenters. The Hall–Kier alpha value is -0.340. The number of hydrogen-bond donors (Lipinski definition) is 2. The van der Waals surface area contributed by atoms with Crippen LogP contribution in [0.5, 0.6) is 0 Å². The minimum Gasteiger partial charge on any atom is -0.317 e. The van der Waals surface area contributed by atoms with Crippen LogP contribution in [0.1, 0.15) is 19.8 Å². The van der Waals surface area contributed by atoms with E-state index in [1.54, 1.807) is 0 Å². The van der Waals surface area contributed by atoms with Crippen molar-refractivity contribution in [1.82, 2.24) is 5.48 Å². The van der Waals surface area contributed by atoms with Gasteiger partial charge in [0.15, 0.2) is 0 Å². The molecule has 0 heterocycles. The van der Waals surface area contributed by atoms with Crippen molar-refractivity contribution in [2.45, 2.75) is 19.8 Å². The predicted octanol–water partition coefficient (Wildman–Crippen LogP) is 1.32. The Morgan fingerprint density at radius 2 is 2.38 bits per heavy atom. The van der Waals surface area contributed by atoms with E-state index < -0.39 is 0 Å². The van der Waals surface area contributed by atoms with E-state index in [1.165, 1.54) is 5.57 Å². The lowest BCUT2D eigenvalue weighted by molar-refractivity contribution is 0.166. The first-order valence-corrected chi connectivity index (χ1v) is 2.78. The third-order valence-corrected chi connectivity index (χ3v) is 0.892. The van der Waals surface area contributed by atoms with Crippen molar-refractivity contribution in [3.63, 3.8) is 0 Å². The molecule has 0 aliphatic heterocycles. The lowest BCUT2D eigenvalue weighted by Gasteiger charge is -1.95. The molecule has 0 fully saturated rings. The maximum Gasteiger partial charge on any atom is 0.0210 e. The molecule has 0 unspecified atom stereocenters. The molecule has 2 N–H and O–H groups in total. The van der Waals surface area contributed by atoms with Gasteiger partial charge in [-0.2, -0.15) is 0 Å². The zero-order valence-corrected chi connectivity index (χ0v) is 5.28. The third-order valence-electron chi connectivity index (χ3n) is 0.892.